The number of hydrogen-bond donors (Lipinski definition) is 0. The maximum Gasteiger partial charge on any atom is 0.175 e. The van der Waals surface area contributed by atoms with Crippen molar-refractivity contribution in [3.63, 3.8) is 0 Å². The fourth-order valence-electron chi connectivity index (χ4n) is 2.52. The van der Waals surface area contributed by atoms with Gasteiger partial charge in [-0.05, 0) is 30.0 Å². The van der Waals surface area contributed by atoms with Gasteiger partial charge in [-0.25, -0.2) is 9.37 Å². The van der Waals surface area contributed by atoms with Crippen LogP contribution in [-0.4, -0.2) is 10.8 Å². The second-order valence-electron chi connectivity index (χ2n) is 5.89. The molecule has 0 saturated carbocycles. The molecule has 0 saturated heterocycles. The van der Waals surface area contributed by atoms with Crippen LogP contribution in [0.3, 0.4) is 0 Å². The molecule has 5 heteroatoms. The molecule has 2 aromatic rings. The maximum atomic E-state index is 13.4. The molecular weight excluding hydrogens is 297 g/mol. The highest BCUT2D eigenvalue weighted by Crippen LogP contribution is 2.39. The van der Waals surface area contributed by atoms with Gasteiger partial charge in [0.2, 0.25) is 0 Å². The second-order valence-corrected chi connectivity index (χ2v) is 7.33. The minimum absolute atomic E-state index is 0.0605. The molecule has 1 aliphatic carbocycles. The Hall–Kier alpha value is -1.26. The van der Waals surface area contributed by atoms with Crippen LogP contribution in [0.15, 0.2) is 18.2 Å². The van der Waals surface area contributed by atoms with Crippen LogP contribution in [0.4, 0.5) is 4.39 Å². The van der Waals surface area contributed by atoms with E-state index < -0.39 is 5.82 Å². The summed E-state index contributed by atoms with van der Waals surface area (Å²) in [4.78, 5) is 17.4. The van der Waals surface area contributed by atoms with Crippen molar-refractivity contribution in [2.75, 3.05) is 0 Å². The first-order chi connectivity index (χ1) is 9.34. The lowest BCUT2D eigenvalue weighted by molar-refractivity contribution is 0.0916. The van der Waals surface area contributed by atoms with E-state index in [1.54, 1.807) is 6.07 Å². The number of benzene rings is 1. The van der Waals surface area contributed by atoms with Crippen molar-refractivity contribution in [3.05, 3.63) is 39.6 Å². The number of carbonyl (C=O) groups excluding carboxylic acids is 1. The van der Waals surface area contributed by atoms with E-state index >= 15 is 0 Å². The average molecular weight is 310 g/mol. The zero-order valence-corrected chi connectivity index (χ0v) is 12.7. The molecular formula is C15H13ClFNOS. The normalized spacial score (nSPS) is 17.1. The Balaban J connectivity index is 2.08. The monoisotopic (exact) mass is 309 g/mol. The molecule has 104 valence electrons. The van der Waals surface area contributed by atoms with E-state index in [0.29, 0.717) is 26.9 Å². The van der Waals surface area contributed by atoms with E-state index in [1.807, 2.05) is 0 Å². The summed E-state index contributed by atoms with van der Waals surface area (Å²) >= 11 is 7.20. The fourth-order valence-corrected chi connectivity index (χ4v) is 3.75. The quantitative estimate of drug-likeness (QED) is 0.760. The number of rotatable bonds is 1. The minimum atomic E-state index is -0.396. The molecule has 0 atom stereocenters. The largest absolute Gasteiger partial charge is 0.293 e. The van der Waals surface area contributed by atoms with Gasteiger partial charge in [-0.15, -0.1) is 11.3 Å². The molecule has 0 aliphatic heterocycles. The van der Waals surface area contributed by atoms with E-state index in [0.717, 1.165) is 12.1 Å². The molecule has 0 unspecified atom stereocenters. The minimum Gasteiger partial charge on any atom is -0.293 e. The molecule has 0 spiro atoms. The zero-order chi connectivity index (χ0) is 14.5. The Morgan fingerprint density at radius 2 is 2.05 bits per heavy atom. The molecule has 0 radical (unpaired) electrons. The summed E-state index contributed by atoms with van der Waals surface area (Å²) in [6.45, 7) is 4.12. The number of aromatic nitrogens is 1. The fraction of sp³-hybridized carbons (Fsp3) is 0.333. The molecule has 1 aliphatic rings. The van der Waals surface area contributed by atoms with Crippen molar-refractivity contribution >= 4 is 28.7 Å². The lowest BCUT2D eigenvalue weighted by atomic mass is 9.78. The molecule has 0 fully saturated rings. The van der Waals surface area contributed by atoms with Crippen LogP contribution < -0.4 is 0 Å². The number of fused-ring (bicyclic) bond motifs is 1. The smallest absolute Gasteiger partial charge is 0.175 e. The lowest BCUT2D eigenvalue weighted by Gasteiger charge is -2.26. The van der Waals surface area contributed by atoms with Crippen molar-refractivity contribution in [1.82, 2.24) is 4.98 Å². The average Bonchev–Trinajstić information content (AvgIpc) is 2.69. The Bertz CT molecular complexity index is 688. The summed E-state index contributed by atoms with van der Waals surface area (Å²) in [5.41, 5.74) is 1.39. The van der Waals surface area contributed by atoms with Crippen molar-refractivity contribution in [2.24, 2.45) is 5.41 Å². The highest BCUT2D eigenvalue weighted by atomic mass is 35.5. The van der Waals surface area contributed by atoms with E-state index in [9.17, 15) is 9.18 Å². The standard InChI is InChI=1S/C15H13ClFNOS/c1-15(2)6-11-13(12(19)7-15)20-14(18-11)8-3-9(16)5-10(17)4-8/h3-5H,6-7H2,1-2H3. The van der Waals surface area contributed by atoms with E-state index in [1.165, 1.54) is 23.5 Å². The van der Waals surface area contributed by atoms with Gasteiger partial charge in [0, 0.05) is 17.0 Å². The number of ketones is 1. The first-order valence-corrected chi connectivity index (χ1v) is 7.53. The van der Waals surface area contributed by atoms with Gasteiger partial charge in [-0.3, -0.25) is 4.79 Å². The van der Waals surface area contributed by atoms with Crippen LogP contribution in [0.5, 0.6) is 0 Å². The molecule has 1 heterocycles. The van der Waals surface area contributed by atoms with Crippen LogP contribution in [0.25, 0.3) is 10.6 Å². The van der Waals surface area contributed by atoms with Crippen LogP contribution >= 0.6 is 22.9 Å². The van der Waals surface area contributed by atoms with Gasteiger partial charge < -0.3 is 0 Å². The molecule has 20 heavy (non-hydrogen) atoms. The van der Waals surface area contributed by atoms with Gasteiger partial charge >= 0.3 is 0 Å². The van der Waals surface area contributed by atoms with Crippen LogP contribution in [0.2, 0.25) is 5.02 Å². The summed E-state index contributed by atoms with van der Waals surface area (Å²) in [6, 6.07) is 4.32. The van der Waals surface area contributed by atoms with E-state index in [-0.39, 0.29) is 11.2 Å². The second kappa shape index (κ2) is 4.64. The van der Waals surface area contributed by atoms with Gasteiger partial charge in [0.1, 0.15) is 10.8 Å². The van der Waals surface area contributed by atoms with Crippen molar-refractivity contribution < 1.29 is 9.18 Å². The summed E-state index contributed by atoms with van der Waals surface area (Å²) in [5.74, 6) is -0.269. The van der Waals surface area contributed by atoms with Gasteiger partial charge in [-0.1, -0.05) is 25.4 Å². The summed E-state index contributed by atoms with van der Waals surface area (Å²) in [6.07, 6.45) is 1.30. The topological polar surface area (TPSA) is 30.0 Å². The van der Waals surface area contributed by atoms with Gasteiger partial charge in [-0.2, -0.15) is 0 Å². The van der Waals surface area contributed by atoms with Crippen molar-refractivity contribution in [2.45, 2.75) is 26.7 Å². The number of halogens is 2. The Kier molecular flexibility index (Phi) is 3.18. The predicted octanol–water partition coefficient (Wildman–Crippen LogP) is 4.76. The molecule has 1 aromatic carbocycles. The van der Waals surface area contributed by atoms with Crippen molar-refractivity contribution in [1.29, 1.82) is 0 Å². The van der Waals surface area contributed by atoms with Crippen LogP contribution in [0.1, 0.15) is 35.6 Å². The third kappa shape index (κ3) is 2.50. The number of nitrogens with zero attached hydrogens (tertiary/aromatic N) is 1. The molecule has 3 rings (SSSR count). The van der Waals surface area contributed by atoms with Crippen LogP contribution in [-0.2, 0) is 6.42 Å². The number of Topliss-reactive ketones (excluding diaryl/α,β-unsaturated/α-hetero) is 1. The van der Waals surface area contributed by atoms with Crippen LogP contribution in [0, 0.1) is 11.2 Å². The third-order valence-electron chi connectivity index (χ3n) is 3.35. The molecule has 0 N–H and O–H groups in total. The van der Waals surface area contributed by atoms with Gasteiger partial charge in [0.05, 0.1) is 10.6 Å². The highest BCUT2D eigenvalue weighted by Gasteiger charge is 2.34. The molecule has 0 amide bonds. The Labute approximate surface area is 125 Å². The Morgan fingerprint density at radius 3 is 2.75 bits per heavy atom. The number of hydrogen-bond acceptors (Lipinski definition) is 3. The first kappa shape index (κ1) is 13.7. The SMILES string of the molecule is CC1(C)CC(=O)c2sc(-c3cc(F)cc(Cl)c3)nc2C1. The summed E-state index contributed by atoms with van der Waals surface area (Å²) in [7, 11) is 0. The number of carbonyl (C=O) groups is 1. The molecule has 2 nitrogen and oxygen atoms in total. The maximum absolute atomic E-state index is 13.4. The lowest BCUT2D eigenvalue weighted by Crippen LogP contribution is -2.25. The molecule has 1 aromatic heterocycles. The van der Waals surface area contributed by atoms with E-state index in [2.05, 4.69) is 18.8 Å². The summed E-state index contributed by atoms with van der Waals surface area (Å²) in [5, 5.41) is 0.988. The van der Waals surface area contributed by atoms with Crippen molar-refractivity contribution in [3.8, 4) is 10.6 Å². The molecule has 0 bridgehead atoms. The van der Waals surface area contributed by atoms with Gasteiger partial charge in [0.25, 0.3) is 0 Å². The summed E-state index contributed by atoms with van der Waals surface area (Å²) < 4.78 is 13.4. The Morgan fingerprint density at radius 1 is 1.30 bits per heavy atom. The predicted molar refractivity (Wildman–Crippen MR) is 79.0 cm³/mol. The number of thiazole rings is 1. The van der Waals surface area contributed by atoms with Gasteiger partial charge in [0.15, 0.2) is 5.78 Å². The third-order valence-corrected chi connectivity index (χ3v) is 4.75. The first-order valence-electron chi connectivity index (χ1n) is 6.33. The van der Waals surface area contributed by atoms with E-state index in [4.69, 9.17) is 11.6 Å². The highest BCUT2D eigenvalue weighted by molar-refractivity contribution is 7.17. The zero-order valence-electron chi connectivity index (χ0n) is 11.2.